The molecule has 2 heterocycles. The number of carbonyl (C=O) groups is 2. The number of amides is 2. The first-order valence-corrected chi connectivity index (χ1v) is 6.67. The summed E-state index contributed by atoms with van der Waals surface area (Å²) in [5.41, 5.74) is 5.37. The molecule has 23 heavy (non-hydrogen) atoms. The fourth-order valence-electron chi connectivity index (χ4n) is 1.96. The molecule has 2 aromatic heterocycles. The second-order valence-corrected chi connectivity index (χ2v) is 4.71. The van der Waals surface area contributed by atoms with Crippen molar-refractivity contribution in [2.24, 2.45) is 5.73 Å². The van der Waals surface area contributed by atoms with Gasteiger partial charge in [0.25, 0.3) is 5.91 Å². The minimum Gasteiger partial charge on any atom is -0.364 e. The van der Waals surface area contributed by atoms with Crippen LogP contribution in [0.1, 0.15) is 23.1 Å². The smallest absolute Gasteiger partial charge is 0.309 e. The van der Waals surface area contributed by atoms with E-state index in [4.69, 9.17) is 5.73 Å². The van der Waals surface area contributed by atoms with E-state index in [2.05, 4.69) is 15.5 Å². The van der Waals surface area contributed by atoms with Crippen LogP contribution in [0.2, 0.25) is 0 Å². The topological polar surface area (TPSA) is 151 Å². The molecular formula is C12H15N7O4. The van der Waals surface area contributed by atoms with E-state index in [1.54, 1.807) is 0 Å². The number of nitrogens with zero attached hydrogens (tertiary/aromatic N) is 5. The van der Waals surface area contributed by atoms with Crippen molar-refractivity contribution in [1.29, 1.82) is 0 Å². The molecular weight excluding hydrogens is 306 g/mol. The predicted octanol–water partition coefficient (Wildman–Crippen LogP) is 0.0537. The molecule has 2 aromatic rings. The lowest BCUT2D eigenvalue weighted by molar-refractivity contribution is -0.385. The van der Waals surface area contributed by atoms with E-state index in [-0.39, 0.29) is 29.3 Å². The van der Waals surface area contributed by atoms with Crippen LogP contribution in [0.4, 0.5) is 11.4 Å². The minimum absolute atomic E-state index is 0.0529. The third kappa shape index (κ3) is 3.51. The molecule has 11 nitrogen and oxygen atoms in total. The van der Waals surface area contributed by atoms with E-state index in [1.807, 2.05) is 6.92 Å². The monoisotopic (exact) mass is 321 g/mol. The number of hydrogen-bond acceptors (Lipinski definition) is 6. The maximum Gasteiger partial charge on any atom is 0.309 e. The molecule has 122 valence electrons. The zero-order chi connectivity index (χ0) is 17.1. The van der Waals surface area contributed by atoms with E-state index in [9.17, 15) is 19.7 Å². The van der Waals surface area contributed by atoms with E-state index in [0.717, 1.165) is 4.68 Å². The van der Waals surface area contributed by atoms with E-state index < -0.39 is 16.7 Å². The van der Waals surface area contributed by atoms with E-state index in [0.29, 0.717) is 6.54 Å². The SMILES string of the molecule is CCn1cc(NC(=O)Cn2cc([N+](=O)[O-])c(C)n2)c(C(N)=O)n1. The van der Waals surface area contributed by atoms with E-state index >= 15 is 0 Å². The number of primary amides is 1. The molecule has 0 bridgehead atoms. The Hall–Kier alpha value is -3.24. The van der Waals surface area contributed by atoms with Gasteiger partial charge in [0, 0.05) is 12.7 Å². The third-order valence-corrected chi connectivity index (χ3v) is 3.02. The Morgan fingerprint density at radius 3 is 2.57 bits per heavy atom. The first kappa shape index (κ1) is 16.1. The number of anilines is 1. The zero-order valence-electron chi connectivity index (χ0n) is 12.5. The molecule has 0 saturated heterocycles. The van der Waals surface area contributed by atoms with Crippen molar-refractivity contribution >= 4 is 23.2 Å². The zero-order valence-corrected chi connectivity index (χ0v) is 12.5. The van der Waals surface area contributed by atoms with Gasteiger partial charge in [0.15, 0.2) is 5.69 Å². The average molecular weight is 321 g/mol. The molecule has 0 atom stereocenters. The normalized spacial score (nSPS) is 10.5. The van der Waals surface area contributed by atoms with Gasteiger partial charge in [-0.05, 0) is 13.8 Å². The number of rotatable bonds is 6. The summed E-state index contributed by atoms with van der Waals surface area (Å²) in [5.74, 6) is -1.28. The van der Waals surface area contributed by atoms with Gasteiger partial charge in [0.1, 0.15) is 18.4 Å². The lowest BCUT2D eigenvalue weighted by atomic mass is 10.3. The summed E-state index contributed by atoms with van der Waals surface area (Å²) in [6.45, 7) is 3.54. The lowest BCUT2D eigenvalue weighted by Crippen LogP contribution is -2.21. The van der Waals surface area contributed by atoms with Crippen LogP contribution in [-0.2, 0) is 17.9 Å². The van der Waals surface area contributed by atoms with Gasteiger partial charge in [-0.2, -0.15) is 10.2 Å². The molecule has 11 heteroatoms. The molecule has 0 spiro atoms. The molecule has 3 N–H and O–H groups in total. The highest BCUT2D eigenvalue weighted by Gasteiger charge is 2.19. The van der Waals surface area contributed by atoms with Crippen molar-refractivity contribution in [2.75, 3.05) is 5.32 Å². The molecule has 0 aliphatic carbocycles. The van der Waals surface area contributed by atoms with Gasteiger partial charge in [-0.15, -0.1) is 0 Å². The Morgan fingerprint density at radius 1 is 1.35 bits per heavy atom. The average Bonchev–Trinajstić information content (AvgIpc) is 3.02. The molecule has 0 unspecified atom stereocenters. The van der Waals surface area contributed by atoms with Crippen molar-refractivity contribution in [3.05, 3.63) is 33.9 Å². The van der Waals surface area contributed by atoms with Gasteiger partial charge in [-0.3, -0.25) is 29.1 Å². The van der Waals surface area contributed by atoms with Crippen LogP contribution < -0.4 is 11.1 Å². The number of nitrogens with one attached hydrogen (secondary N) is 1. The predicted molar refractivity (Wildman–Crippen MR) is 78.7 cm³/mol. The van der Waals surface area contributed by atoms with Crippen LogP contribution in [0.3, 0.4) is 0 Å². The quantitative estimate of drug-likeness (QED) is 0.566. The molecule has 2 rings (SSSR count). The highest BCUT2D eigenvalue weighted by atomic mass is 16.6. The van der Waals surface area contributed by atoms with Crippen molar-refractivity contribution in [3.63, 3.8) is 0 Å². The number of nitrogens with two attached hydrogens (primary N) is 1. The fraction of sp³-hybridized carbons (Fsp3) is 0.333. The van der Waals surface area contributed by atoms with Crippen LogP contribution in [0.15, 0.2) is 12.4 Å². The molecule has 0 aliphatic rings. The first-order valence-electron chi connectivity index (χ1n) is 6.67. The summed E-state index contributed by atoms with van der Waals surface area (Å²) >= 11 is 0. The Kier molecular flexibility index (Phi) is 4.39. The Labute approximate surface area is 130 Å². The lowest BCUT2D eigenvalue weighted by Gasteiger charge is -2.03. The number of hydrogen-bond donors (Lipinski definition) is 2. The van der Waals surface area contributed by atoms with Crippen LogP contribution in [0.5, 0.6) is 0 Å². The number of carbonyl (C=O) groups excluding carboxylic acids is 2. The summed E-state index contributed by atoms with van der Waals surface area (Å²) < 4.78 is 2.61. The molecule has 0 fully saturated rings. The Balaban J connectivity index is 2.14. The molecule has 2 amide bonds. The van der Waals surface area contributed by atoms with Crippen LogP contribution in [0, 0.1) is 17.0 Å². The summed E-state index contributed by atoms with van der Waals surface area (Å²) in [6.07, 6.45) is 2.65. The maximum absolute atomic E-state index is 12.0. The van der Waals surface area contributed by atoms with Crippen LogP contribution in [0.25, 0.3) is 0 Å². The molecule has 0 saturated carbocycles. The van der Waals surface area contributed by atoms with Gasteiger partial charge in [0.2, 0.25) is 5.91 Å². The first-order chi connectivity index (χ1) is 10.8. The number of aromatic nitrogens is 4. The second-order valence-electron chi connectivity index (χ2n) is 4.71. The fourth-order valence-corrected chi connectivity index (χ4v) is 1.96. The van der Waals surface area contributed by atoms with Gasteiger partial charge >= 0.3 is 5.69 Å². The van der Waals surface area contributed by atoms with Crippen molar-refractivity contribution in [1.82, 2.24) is 19.6 Å². The molecule has 0 aliphatic heterocycles. The van der Waals surface area contributed by atoms with Crippen LogP contribution in [-0.4, -0.2) is 36.3 Å². The maximum atomic E-state index is 12.0. The largest absolute Gasteiger partial charge is 0.364 e. The van der Waals surface area contributed by atoms with Gasteiger partial charge in [0.05, 0.1) is 10.6 Å². The van der Waals surface area contributed by atoms with Gasteiger partial charge in [-0.1, -0.05) is 0 Å². The Morgan fingerprint density at radius 2 is 2.04 bits per heavy atom. The van der Waals surface area contributed by atoms with Gasteiger partial charge < -0.3 is 11.1 Å². The second kappa shape index (κ2) is 6.25. The summed E-state index contributed by atoms with van der Waals surface area (Å²) in [4.78, 5) is 33.5. The highest BCUT2D eigenvalue weighted by molar-refractivity contribution is 6.01. The molecule has 0 aromatic carbocycles. The molecule has 0 radical (unpaired) electrons. The Bertz CT molecular complexity index is 776. The van der Waals surface area contributed by atoms with Gasteiger partial charge in [-0.25, -0.2) is 0 Å². The number of aryl methyl sites for hydroxylation is 2. The third-order valence-electron chi connectivity index (χ3n) is 3.02. The summed E-state index contributed by atoms with van der Waals surface area (Å²) in [6, 6.07) is 0. The highest BCUT2D eigenvalue weighted by Crippen LogP contribution is 2.16. The van der Waals surface area contributed by atoms with Crippen molar-refractivity contribution < 1.29 is 14.5 Å². The van der Waals surface area contributed by atoms with Crippen molar-refractivity contribution in [2.45, 2.75) is 26.9 Å². The van der Waals surface area contributed by atoms with E-state index in [1.165, 1.54) is 24.0 Å². The summed E-state index contributed by atoms with van der Waals surface area (Å²) in [5, 5.41) is 21.1. The summed E-state index contributed by atoms with van der Waals surface area (Å²) in [7, 11) is 0. The van der Waals surface area contributed by atoms with Crippen molar-refractivity contribution in [3.8, 4) is 0 Å². The minimum atomic E-state index is -0.766. The van der Waals surface area contributed by atoms with Crippen LogP contribution >= 0.6 is 0 Å². The number of nitro groups is 1. The standard InChI is InChI=1S/C12H15N7O4/c1-3-17-4-8(11(16-17)12(13)21)14-10(20)6-18-5-9(19(22)23)7(2)15-18/h4-5H,3,6H2,1-2H3,(H2,13,21)(H,14,20).